The van der Waals surface area contributed by atoms with E-state index in [0.717, 1.165) is 4.88 Å². The molecule has 0 aliphatic carbocycles. The molecule has 8 nitrogen and oxygen atoms in total. The number of carbonyl (C=O) groups is 2. The Morgan fingerprint density at radius 3 is 2.54 bits per heavy atom. The second-order valence-corrected chi connectivity index (χ2v) is 8.84. The average Bonchev–Trinajstić information content (AvgIpc) is 3.37. The Hall–Kier alpha value is -4.37. The average molecular weight is 486 g/mol. The molecule has 3 heterocycles. The lowest BCUT2D eigenvalue weighted by Gasteiger charge is -2.20. The van der Waals surface area contributed by atoms with Crippen molar-refractivity contribution in [2.75, 3.05) is 0 Å². The van der Waals surface area contributed by atoms with E-state index in [4.69, 9.17) is 5.41 Å². The number of aromatic hydroxyl groups is 1. The Morgan fingerprint density at radius 2 is 1.80 bits per heavy atom. The maximum absolute atomic E-state index is 13.1. The summed E-state index contributed by atoms with van der Waals surface area (Å²) in [5.41, 5.74) is 1.78. The molecule has 176 valence electrons. The van der Waals surface area contributed by atoms with Gasteiger partial charge < -0.3 is 21.1 Å². The van der Waals surface area contributed by atoms with Gasteiger partial charge in [0.05, 0.1) is 17.5 Å². The van der Waals surface area contributed by atoms with Crippen molar-refractivity contribution >= 4 is 28.9 Å². The van der Waals surface area contributed by atoms with Crippen LogP contribution in [0.25, 0.3) is 0 Å². The number of phenolic OH excluding ortho intramolecular Hbond substituents is 1. The number of amides is 2. The number of nitrogens with one attached hydrogen (secondary N) is 3. The molecule has 35 heavy (non-hydrogen) atoms. The van der Waals surface area contributed by atoms with Crippen molar-refractivity contribution in [2.24, 2.45) is 0 Å². The lowest BCUT2D eigenvalue weighted by Crippen LogP contribution is -2.29. The number of rotatable bonds is 9. The number of phenols is 1. The van der Waals surface area contributed by atoms with Crippen molar-refractivity contribution in [3.05, 3.63) is 112 Å². The standard InChI is InChI=1S/C26H23N5O3S/c27-20(17-6-5-12-28-15-17)14-22(19-7-1-2-9-23(19)32)31-26(34)24-11-10-18(35-24)16-30-25(33)21-8-3-4-13-29-21/h1-13,15,22,27,32H,14,16H2,(H,30,33)(H,31,34). The molecule has 3 aromatic heterocycles. The molecule has 4 N–H and O–H groups in total. The van der Waals surface area contributed by atoms with Gasteiger partial charge in [0.25, 0.3) is 11.8 Å². The predicted molar refractivity (Wildman–Crippen MR) is 134 cm³/mol. The SMILES string of the molecule is N=C(CC(NC(=O)c1ccc(CNC(=O)c2ccccn2)s1)c1ccccc1O)c1cccnc1. The van der Waals surface area contributed by atoms with Crippen LogP contribution in [0.1, 0.15) is 48.6 Å². The first kappa shape index (κ1) is 23.8. The van der Waals surface area contributed by atoms with Gasteiger partial charge in [0, 0.05) is 46.7 Å². The number of pyridine rings is 2. The molecule has 4 aromatic rings. The zero-order valence-electron chi connectivity index (χ0n) is 18.6. The van der Waals surface area contributed by atoms with Crippen molar-refractivity contribution in [2.45, 2.75) is 19.0 Å². The molecular formula is C26H23N5O3S. The molecule has 0 fully saturated rings. The molecule has 4 rings (SSSR count). The van der Waals surface area contributed by atoms with E-state index in [9.17, 15) is 14.7 Å². The zero-order valence-corrected chi connectivity index (χ0v) is 19.5. The summed E-state index contributed by atoms with van der Waals surface area (Å²) in [6, 6.07) is 18.2. The third kappa shape index (κ3) is 6.15. The summed E-state index contributed by atoms with van der Waals surface area (Å²) < 4.78 is 0. The van der Waals surface area contributed by atoms with Gasteiger partial charge in [0.2, 0.25) is 0 Å². The monoisotopic (exact) mass is 485 g/mol. The molecule has 0 saturated carbocycles. The molecule has 1 unspecified atom stereocenters. The summed E-state index contributed by atoms with van der Waals surface area (Å²) >= 11 is 1.26. The molecule has 2 amide bonds. The van der Waals surface area contributed by atoms with E-state index in [1.807, 2.05) is 0 Å². The topological polar surface area (TPSA) is 128 Å². The van der Waals surface area contributed by atoms with Crippen LogP contribution in [-0.2, 0) is 6.54 Å². The molecule has 1 atom stereocenters. The van der Waals surface area contributed by atoms with Gasteiger partial charge in [-0.3, -0.25) is 19.6 Å². The number of hydrogen-bond acceptors (Lipinski definition) is 7. The van der Waals surface area contributed by atoms with Crippen LogP contribution in [0, 0.1) is 5.41 Å². The number of hydrogen-bond donors (Lipinski definition) is 4. The summed E-state index contributed by atoms with van der Waals surface area (Å²) in [5, 5.41) is 24.6. The van der Waals surface area contributed by atoms with Crippen molar-refractivity contribution < 1.29 is 14.7 Å². The van der Waals surface area contributed by atoms with Gasteiger partial charge in [-0.25, -0.2) is 0 Å². The van der Waals surface area contributed by atoms with Crippen molar-refractivity contribution in [3.8, 4) is 5.75 Å². The summed E-state index contributed by atoms with van der Waals surface area (Å²) in [6.07, 6.45) is 4.95. The summed E-state index contributed by atoms with van der Waals surface area (Å²) in [4.78, 5) is 34.6. The van der Waals surface area contributed by atoms with Gasteiger partial charge in [-0.2, -0.15) is 0 Å². The van der Waals surface area contributed by atoms with E-state index < -0.39 is 6.04 Å². The van der Waals surface area contributed by atoms with Crippen LogP contribution < -0.4 is 10.6 Å². The number of nitrogens with zero attached hydrogens (tertiary/aromatic N) is 2. The van der Waals surface area contributed by atoms with Crippen molar-refractivity contribution in [1.82, 2.24) is 20.6 Å². The van der Waals surface area contributed by atoms with Crippen molar-refractivity contribution in [1.29, 1.82) is 5.41 Å². The second-order valence-electron chi connectivity index (χ2n) is 7.67. The Morgan fingerprint density at radius 1 is 0.971 bits per heavy atom. The molecule has 0 aliphatic heterocycles. The number of aromatic nitrogens is 2. The fourth-order valence-electron chi connectivity index (χ4n) is 3.46. The quantitative estimate of drug-likeness (QED) is 0.265. The van der Waals surface area contributed by atoms with E-state index in [1.165, 1.54) is 11.3 Å². The highest BCUT2D eigenvalue weighted by Gasteiger charge is 2.22. The van der Waals surface area contributed by atoms with Crippen LogP contribution in [-0.4, -0.2) is 32.6 Å². The lowest BCUT2D eigenvalue weighted by molar-refractivity contribution is 0.0935. The van der Waals surface area contributed by atoms with Crippen LogP contribution in [0.15, 0.2) is 85.3 Å². The zero-order chi connectivity index (χ0) is 24.6. The first-order chi connectivity index (χ1) is 17.0. The Labute approximate surface area is 206 Å². The Bertz CT molecular complexity index is 1330. The fourth-order valence-corrected chi connectivity index (χ4v) is 4.31. The lowest BCUT2D eigenvalue weighted by atomic mass is 9.97. The molecule has 9 heteroatoms. The van der Waals surface area contributed by atoms with E-state index in [1.54, 1.807) is 85.3 Å². The van der Waals surface area contributed by atoms with Crippen LogP contribution in [0.3, 0.4) is 0 Å². The Balaban J connectivity index is 1.45. The summed E-state index contributed by atoms with van der Waals surface area (Å²) in [7, 11) is 0. The van der Waals surface area contributed by atoms with Gasteiger partial charge in [0.15, 0.2) is 0 Å². The minimum Gasteiger partial charge on any atom is -0.508 e. The van der Waals surface area contributed by atoms with E-state index in [0.29, 0.717) is 21.7 Å². The summed E-state index contributed by atoms with van der Waals surface area (Å²) in [5.74, 6) is -0.580. The molecule has 0 bridgehead atoms. The minimum atomic E-state index is -0.620. The number of thiophene rings is 1. The molecule has 1 aromatic carbocycles. The fraction of sp³-hybridized carbons (Fsp3) is 0.115. The van der Waals surface area contributed by atoms with Gasteiger partial charge in [0.1, 0.15) is 11.4 Å². The predicted octanol–water partition coefficient (Wildman–Crippen LogP) is 4.10. The highest BCUT2D eigenvalue weighted by molar-refractivity contribution is 7.14. The van der Waals surface area contributed by atoms with Gasteiger partial charge in [-0.05, 0) is 36.4 Å². The largest absolute Gasteiger partial charge is 0.508 e. The normalized spacial score (nSPS) is 11.4. The maximum Gasteiger partial charge on any atom is 0.270 e. The number of benzene rings is 1. The van der Waals surface area contributed by atoms with Gasteiger partial charge >= 0.3 is 0 Å². The van der Waals surface area contributed by atoms with Crippen molar-refractivity contribution in [3.63, 3.8) is 0 Å². The Kier molecular flexibility index (Phi) is 7.59. The molecule has 0 saturated heterocycles. The number of carbonyl (C=O) groups excluding carboxylic acids is 2. The second kappa shape index (κ2) is 11.2. The smallest absolute Gasteiger partial charge is 0.270 e. The maximum atomic E-state index is 13.1. The first-order valence-electron chi connectivity index (χ1n) is 10.9. The van der Waals surface area contributed by atoms with Gasteiger partial charge in [-0.15, -0.1) is 11.3 Å². The van der Waals surface area contributed by atoms with Crippen LogP contribution in [0.5, 0.6) is 5.75 Å². The molecule has 0 radical (unpaired) electrons. The number of para-hydroxylation sites is 1. The highest BCUT2D eigenvalue weighted by atomic mass is 32.1. The van der Waals surface area contributed by atoms with Crippen LogP contribution >= 0.6 is 11.3 Å². The summed E-state index contributed by atoms with van der Waals surface area (Å²) in [6.45, 7) is 0.266. The van der Waals surface area contributed by atoms with Crippen LogP contribution in [0.4, 0.5) is 0 Å². The molecular weight excluding hydrogens is 462 g/mol. The van der Waals surface area contributed by atoms with Crippen LogP contribution in [0.2, 0.25) is 0 Å². The van der Waals surface area contributed by atoms with E-state index >= 15 is 0 Å². The van der Waals surface area contributed by atoms with E-state index in [-0.39, 0.29) is 36.2 Å². The third-order valence-electron chi connectivity index (χ3n) is 5.24. The molecule has 0 spiro atoms. The third-order valence-corrected chi connectivity index (χ3v) is 6.33. The highest BCUT2D eigenvalue weighted by Crippen LogP contribution is 2.28. The van der Waals surface area contributed by atoms with E-state index in [2.05, 4.69) is 20.6 Å². The minimum absolute atomic E-state index is 0.0425. The van der Waals surface area contributed by atoms with Gasteiger partial charge in [-0.1, -0.05) is 30.3 Å². The molecule has 0 aliphatic rings. The first-order valence-corrected chi connectivity index (χ1v) is 11.7.